The number of hydrogen-bond acceptors (Lipinski definition) is 5. The van der Waals surface area contributed by atoms with Crippen molar-refractivity contribution >= 4 is 22.6 Å². The lowest BCUT2D eigenvalue weighted by Crippen LogP contribution is -2.37. The van der Waals surface area contributed by atoms with Crippen LogP contribution in [0.2, 0.25) is 0 Å². The highest BCUT2D eigenvalue weighted by molar-refractivity contribution is 6.12. The number of benzene rings is 1. The summed E-state index contributed by atoms with van der Waals surface area (Å²) in [6.07, 6.45) is 2.74. The Labute approximate surface area is 189 Å². The van der Waals surface area contributed by atoms with E-state index in [0.29, 0.717) is 5.56 Å². The maximum atomic E-state index is 13.2. The first-order chi connectivity index (χ1) is 15.4. The quantitative estimate of drug-likeness (QED) is 0.600. The van der Waals surface area contributed by atoms with E-state index in [1.165, 1.54) is 5.56 Å². The second-order valence-corrected chi connectivity index (χ2v) is 9.02. The second-order valence-electron chi connectivity index (χ2n) is 9.02. The third kappa shape index (κ3) is 5.00. The Morgan fingerprint density at radius 1 is 1.12 bits per heavy atom. The highest BCUT2D eigenvalue weighted by Crippen LogP contribution is 2.25. The molecule has 1 aromatic carbocycles. The number of nitrogens with zero attached hydrogens (tertiary/aromatic N) is 4. The number of carbonyl (C=O) groups excluding carboxylic acids is 1. The number of fused-ring (bicyclic) bond motifs is 1. The number of hydrogen-bond donors (Lipinski definition) is 1. The molecule has 3 aromatic rings. The maximum absolute atomic E-state index is 13.2. The van der Waals surface area contributed by atoms with Crippen molar-refractivity contribution in [2.75, 3.05) is 38.2 Å². The summed E-state index contributed by atoms with van der Waals surface area (Å²) in [5.74, 6) is 0.0795. The lowest BCUT2D eigenvalue weighted by molar-refractivity contribution is 0.0384. The Morgan fingerprint density at radius 2 is 1.84 bits per heavy atom. The van der Waals surface area contributed by atoms with Gasteiger partial charge in [0.15, 0.2) is 5.65 Å². The molecule has 1 aliphatic rings. The van der Waals surface area contributed by atoms with Gasteiger partial charge in [-0.1, -0.05) is 26.0 Å². The fourth-order valence-corrected chi connectivity index (χ4v) is 3.96. The maximum Gasteiger partial charge on any atom is 0.256 e. The van der Waals surface area contributed by atoms with Gasteiger partial charge >= 0.3 is 0 Å². The molecule has 7 nitrogen and oxygen atoms in total. The zero-order chi connectivity index (χ0) is 22.7. The Hall–Kier alpha value is -2.77. The molecule has 1 amide bonds. The number of aromatic nitrogens is 3. The summed E-state index contributed by atoms with van der Waals surface area (Å²) in [4.78, 5) is 20.4. The summed E-state index contributed by atoms with van der Waals surface area (Å²) in [5, 5.41) is 8.32. The molecule has 3 heterocycles. The van der Waals surface area contributed by atoms with Gasteiger partial charge in [0, 0.05) is 37.1 Å². The van der Waals surface area contributed by atoms with E-state index in [1.807, 2.05) is 22.9 Å². The van der Waals surface area contributed by atoms with E-state index in [2.05, 4.69) is 55.1 Å². The normalized spacial score (nSPS) is 15.1. The van der Waals surface area contributed by atoms with Gasteiger partial charge in [0.2, 0.25) is 0 Å². The minimum absolute atomic E-state index is 0.135. The SMILES string of the molecule is CC(C)c1cc(C(=O)Nc2ccc(CCN3CCOCC3)cc2)c2cnn(C(C)C)c2n1. The zero-order valence-corrected chi connectivity index (χ0v) is 19.5. The van der Waals surface area contributed by atoms with Gasteiger partial charge in [0.05, 0.1) is 30.4 Å². The van der Waals surface area contributed by atoms with Crippen LogP contribution in [0.25, 0.3) is 11.0 Å². The molecule has 0 aliphatic carbocycles. The van der Waals surface area contributed by atoms with E-state index in [-0.39, 0.29) is 17.9 Å². The molecule has 0 unspecified atom stereocenters. The number of rotatable bonds is 7. The molecule has 0 bridgehead atoms. The molecule has 2 aromatic heterocycles. The van der Waals surface area contributed by atoms with Gasteiger partial charge in [-0.05, 0) is 49.9 Å². The lowest BCUT2D eigenvalue weighted by Gasteiger charge is -2.26. The number of amides is 1. The molecular formula is C25H33N5O2. The molecule has 0 atom stereocenters. The van der Waals surface area contributed by atoms with Crippen LogP contribution < -0.4 is 5.32 Å². The number of morpholine rings is 1. The van der Waals surface area contributed by atoms with Crippen LogP contribution in [0.1, 0.15) is 61.3 Å². The highest BCUT2D eigenvalue weighted by Gasteiger charge is 2.19. The van der Waals surface area contributed by atoms with E-state index in [1.54, 1.807) is 6.20 Å². The third-order valence-electron chi connectivity index (χ3n) is 5.94. The predicted molar refractivity (Wildman–Crippen MR) is 127 cm³/mol. The molecule has 0 spiro atoms. The molecule has 1 aliphatic heterocycles. The summed E-state index contributed by atoms with van der Waals surface area (Å²) in [6, 6.07) is 10.2. The minimum Gasteiger partial charge on any atom is -0.379 e. The minimum atomic E-state index is -0.135. The summed E-state index contributed by atoms with van der Waals surface area (Å²) in [5.41, 5.74) is 4.32. The average Bonchev–Trinajstić information content (AvgIpc) is 3.23. The Morgan fingerprint density at radius 3 is 2.50 bits per heavy atom. The van der Waals surface area contributed by atoms with E-state index in [9.17, 15) is 4.79 Å². The van der Waals surface area contributed by atoms with Crippen LogP contribution in [-0.2, 0) is 11.2 Å². The van der Waals surface area contributed by atoms with E-state index in [4.69, 9.17) is 9.72 Å². The first kappa shape index (κ1) is 22.4. The van der Waals surface area contributed by atoms with Gasteiger partial charge in [-0.15, -0.1) is 0 Å². The fourth-order valence-electron chi connectivity index (χ4n) is 3.96. The largest absolute Gasteiger partial charge is 0.379 e. The standard InChI is InChI=1S/C25H33N5O2/c1-17(2)23-15-21(22-16-26-30(18(3)4)24(22)28-23)25(31)27-20-7-5-19(6-8-20)9-10-29-11-13-32-14-12-29/h5-8,15-18H,9-14H2,1-4H3,(H,27,31). The molecular weight excluding hydrogens is 402 g/mol. The summed E-state index contributed by atoms with van der Waals surface area (Å²) >= 11 is 0. The fraction of sp³-hybridized carbons (Fsp3) is 0.480. The molecule has 1 fully saturated rings. The molecule has 1 saturated heterocycles. The van der Waals surface area contributed by atoms with Crippen molar-refractivity contribution in [1.29, 1.82) is 0 Å². The number of nitrogens with one attached hydrogen (secondary N) is 1. The first-order valence-electron chi connectivity index (χ1n) is 11.5. The molecule has 170 valence electrons. The predicted octanol–water partition coefficient (Wildman–Crippen LogP) is 4.26. The molecule has 7 heteroatoms. The Balaban J connectivity index is 1.49. The lowest BCUT2D eigenvalue weighted by atomic mass is 10.0. The van der Waals surface area contributed by atoms with E-state index >= 15 is 0 Å². The van der Waals surface area contributed by atoms with Gasteiger partial charge < -0.3 is 10.1 Å². The first-order valence-corrected chi connectivity index (χ1v) is 11.5. The van der Waals surface area contributed by atoms with Crippen LogP contribution in [0.15, 0.2) is 36.5 Å². The van der Waals surface area contributed by atoms with Crippen molar-refractivity contribution in [2.45, 2.75) is 46.1 Å². The number of pyridine rings is 1. The van der Waals surface area contributed by atoms with Crippen molar-refractivity contribution in [1.82, 2.24) is 19.7 Å². The van der Waals surface area contributed by atoms with Crippen LogP contribution in [-0.4, -0.2) is 58.4 Å². The van der Waals surface area contributed by atoms with Crippen molar-refractivity contribution in [3.8, 4) is 0 Å². The molecule has 32 heavy (non-hydrogen) atoms. The van der Waals surface area contributed by atoms with Gasteiger partial charge in [-0.3, -0.25) is 9.69 Å². The van der Waals surface area contributed by atoms with Gasteiger partial charge in [0.1, 0.15) is 0 Å². The van der Waals surface area contributed by atoms with Gasteiger partial charge in [-0.25, -0.2) is 9.67 Å². The molecule has 4 rings (SSSR count). The Bertz CT molecular complexity index is 1070. The molecule has 1 N–H and O–H groups in total. The third-order valence-corrected chi connectivity index (χ3v) is 5.94. The van der Waals surface area contributed by atoms with Crippen molar-refractivity contribution < 1.29 is 9.53 Å². The summed E-state index contributed by atoms with van der Waals surface area (Å²) in [6.45, 7) is 13.0. The van der Waals surface area contributed by atoms with E-state index < -0.39 is 0 Å². The summed E-state index contributed by atoms with van der Waals surface area (Å²) in [7, 11) is 0. The van der Waals surface area contributed by atoms with Crippen LogP contribution >= 0.6 is 0 Å². The monoisotopic (exact) mass is 435 g/mol. The zero-order valence-electron chi connectivity index (χ0n) is 19.5. The average molecular weight is 436 g/mol. The number of ether oxygens (including phenoxy) is 1. The van der Waals surface area contributed by atoms with Crippen molar-refractivity contribution in [2.24, 2.45) is 0 Å². The molecule has 0 saturated carbocycles. The second kappa shape index (κ2) is 9.79. The number of anilines is 1. The van der Waals surface area contributed by atoms with E-state index in [0.717, 1.165) is 61.7 Å². The van der Waals surface area contributed by atoms with Crippen molar-refractivity contribution in [3.05, 3.63) is 53.3 Å². The Kier molecular flexibility index (Phi) is 6.86. The smallest absolute Gasteiger partial charge is 0.256 e. The van der Waals surface area contributed by atoms with Crippen LogP contribution in [0.4, 0.5) is 5.69 Å². The summed E-state index contributed by atoms with van der Waals surface area (Å²) < 4.78 is 7.29. The van der Waals surface area contributed by atoms with Gasteiger partial charge in [-0.2, -0.15) is 5.10 Å². The topological polar surface area (TPSA) is 72.3 Å². The van der Waals surface area contributed by atoms with Crippen LogP contribution in [0, 0.1) is 0 Å². The van der Waals surface area contributed by atoms with Crippen molar-refractivity contribution in [3.63, 3.8) is 0 Å². The van der Waals surface area contributed by atoms with Crippen LogP contribution in [0.5, 0.6) is 0 Å². The number of carbonyl (C=O) groups is 1. The highest BCUT2D eigenvalue weighted by atomic mass is 16.5. The van der Waals surface area contributed by atoms with Gasteiger partial charge in [0.25, 0.3) is 5.91 Å². The molecule has 0 radical (unpaired) electrons. The van der Waals surface area contributed by atoms with Crippen LogP contribution in [0.3, 0.4) is 0 Å².